The van der Waals surface area contributed by atoms with Crippen LogP contribution in [-0.4, -0.2) is 56.7 Å². The maximum atomic E-state index is 12.8. The number of carbonyl (C=O) groups excluding carboxylic acids is 3. The average molecular weight is 534 g/mol. The van der Waals surface area contributed by atoms with Crippen LogP contribution in [0.1, 0.15) is 44.6 Å². The Balaban J connectivity index is 1.67. The number of ether oxygens (including phenoxy) is 4. The topological polar surface area (TPSA) is 177 Å². The largest absolute Gasteiger partial charge is 0.602 e. The molecule has 1 unspecified atom stereocenters. The fraction of sp³-hybridized carbons (Fsp3) is 0.391. The molecule has 0 fully saturated rings. The van der Waals surface area contributed by atoms with Gasteiger partial charge in [0.05, 0.1) is 24.1 Å². The number of primary amides is 1. The van der Waals surface area contributed by atoms with Crippen molar-refractivity contribution in [3.63, 3.8) is 0 Å². The molecule has 198 valence electrons. The third-order valence-corrected chi connectivity index (χ3v) is 5.78. The number of nitrogens with zero attached hydrogens (tertiary/aromatic N) is 3. The first-order valence-electron chi connectivity index (χ1n) is 11.2. The van der Waals surface area contributed by atoms with E-state index in [4.69, 9.17) is 29.2 Å². The van der Waals surface area contributed by atoms with Gasteiger partial charge in [0.15, 0.2) is 10.9 Å². The standard InChI is InChI=1S/C23H27N4O9P/c1-13(2)32-21(29)34-23(35-22(30)33-14(3)4)36-37(31)16-7-5-15(6-8-16)11-27-12-25-20-18(27)10-9-17(26-20)19(24)28/h5-7,9-10,12-14,23H,8,11H2,1-4H3,(H2,24,28). The van der Waals surface area contributed by atoms with E-state index in [0.717, 1.165) is 5.57 Å². The third-order valence-electron chi connectivity index (χ3n) is 4.62. The summed E-state index contributed by atoms with van der Waals surface area (Å²) in [5, 5.41) is 0.369. The SMILES string of the molecule is CC(C)OC(=O)OC(OC(=O)OC(C)C)O[P+]([O-])=C1C=CC(Cn2cnc3nc(C(N)=O)ccc32)=CC1. The molecule has 0 aliphatic heterocycles. The van der Waals surface area contributed by atoms with E-state index in [1.165, 1.54) is 6.07 Å². The molecule has 0 spiro atoms. The molecule has 2 aromatic heterocycles. The maximum absolute atomic E-state index is 12.8. The summed E-state index contributed by atoms with van der Waals surface area (Å²) in [4.78, 5) is 56.1. The minimum Gasteiger partial charge on any atom is -0.602 e. The number of imidazole rings is 1. The number of nitrogens with two attached hydrogens (primary N) is 1. The van der Waals surface area contributed by atoms with Crippen molar-refractivity contribution in [2.75, 3.05) is 0 Å². The highest BCUT2D eigenvalue weighted by Gasteiger charge is 2.28. The number of amides is 1. The van der Waals surface area contributed by atoms with Crippen LogP contribution in [0.25, 0.3) is 11.2 Å². The fourth-order valence-corrected chi connectivity index (χ4v) is 3.86. The number of fused-ring (bicyclic) bond motifs is 1. The van der Waals surface area contributed by atoms with E-state index >= 15 is 0 Å². The number of rotatable bonds is 9. The summed E-state index contributed by atoms with van der Waals surface area (Å²) in [6.07, 6.45) is 3.68. The minimum absolute atomic E-state index is 0.124. The number of aromatic nitrogens is 3. The molecule has 2 aromatic rings. The number of allylic oxidation sites excluding steroid dienone is 4. The Morgan fingerprint density at radius 2 is 1.70 bits per heavy atom. The molecule has 0 bridgehead atoms. The summed E-state index contributed by atoms with van der Waals surface area (Å²) >= 11 is 0. The molecular formula is C23H27N4O9P. The Kier molecular flexibility index (Phi) is 9.34. The Morgan fingerprint density at radius 3 is 2.24 bits per heavy atom. The van der Waals surface area contributed by atoms with Crippen LogP contribution in [0.4, 0.5) is 9.59 Å². The molecule has 14 heteroatoms. The van der Waals surface area contributed by atoms with E-state index in [1.54, 1.807) is 52.2 Å². The van der Waals surface area contributed by atoms with Gasteiger partial charge in [-0.05, 0) is 51.5 Å². The molecule has 0 aromatic carbocycles. The first kappa shape index (κ1) is 27.8. The van der Waals surface area contributed by atoms with Gasteiger partial charge in [-0.15, -0.1) is 0 Å². The van der Waals surface area contributed by atoms with Crippen molar-refractivity contribution in [3.05, 3.63) is 48.0 Å². The van der Waals surface area contributed by atoms with Gasteiger partial charge in [0.25, 0.3) is 5.91 Å². The van der Waals surface area contributed by atoms with Crippen LogP contribution < -0.4 is 10.6 Å². The molecule has 0 saturated carbocycles. The predicted octanol–water partition coefficient (Wildman–Crippen LogP) is 2.68. The van der Waals surface area contributed by atoms with E-state index in [-0.39, 0.29) is 12.1 Å². The molecule has 0 saturated heterocycles. The van der Waals surface area contributed by atoms with Gasteiger partial charge < -0.3 is 34.1 Å². The van der Waals surface area contributed by atoms with Crippen LogP contribution in [0.15, 0.2) is 42.3 Å². The lowest BCUT2D eigenvalue weighted by atomic mass is 10.1. The smallest absolute Gasteiger partial charge is 0.513 e. The van der Waals surface area contributed by atoms with Crippen LogP contribution in [-0.2, 0) is 30.0 Å². The highest BCUT2D eigenvalue weighted by atomic mass is 31.1. The third kappa shape index (κ3) is 8.10. The minimum atomic E-state index is -2.55. The molecule has 1 aliphatic rings. The molecule has 1 aliphatic carbocycles. The lowest BCUT2D eigenvalue weighted by Crippen LogP contribution is -2.29. The molecule has 1 atom stereocenters. The van der Waals surface area contributed by atoms with Crippen molar-refractivity contribution in [2.24, 2.45) is 5.73 Å². The molecule has 0 radical (unpaired) electrons. The molecule has 13 nitrogen and oxygen atoms in total. The Morgan fingerprint density at radius 1 is 1.05 bits per heavy atom. The highest BCUT2D eigenvalue weighted by molar-refractivity contribution is 7.47. The lowest BCUT2D eigenvalue weighted by molar-refractivity contribution is -0.238. The van der Waals surface area contributed by atoms with E-state index in [0.29, 0.717) is 23.0 Å². The van der Waals surface area contributed by atoms with Crippen molar-refractivity contribution in [1.29, 1.82) is 0 Å². The summed E-state index contributed by atoms with van der Waals surface area (Å²) < 4.78 is 26.4. The van der Waals surface area contributed by atoms with E-state index < -0.39 is 44.9 Å². The number of pyridine rings is 1. The first-order valence-corrected chi connectivity index (χ1v) is 12.4. The summed E-state index contributed by atoms with van der Waals surface area (Å²) in [7, 11) is -2.55. The van der Waals surface area contributed by atoms with Crippen LogP contribution in [0, 0.1) is 0 Å². The summed E-state index contributed by atoms with van der Waals surface area (Å²) in [5.41, 5.74) is 7.37. The van der Waals surface area contributed by atoms with Gasteiger partial charge in [-0.1, -0.05) is 16.7 Å². The monoisotopic (exact) mass is 534 g/mol. The molecule has 2 N–H and O–H groups in total. The van der Waals surface area contributed by atoms with E-state index in [9.17, 15) is 19.3 Å². The van der Waals surface area contributed by atoms with Crippen molar-refractivity contribution in [1.82, 2.24) is 14.5 Å². The predicted molar refractivity (Wildman–Crippen MR) is 130 cm³/mol. The van der Waals surface area contributed by atoms with Gasteiger partial charge in [-0.25, -0.2) is 19.6 Å². The average Bonchev–Trinajstić information content (AvgIpc) is 3.20. The van der Waals surface area contributed by atoms with Crippen LogP contribution in [0.2, 0.25) is 0 Å². The Hall–Kier alpha value is -3.80. The van der Waals surface area contributed by atoms with Crippen molar-refractivity contribution < 1.29 is 42.7 Å². The fourth-order valence-electron chi connectivity index (χ4n) is 3.04. The van der Waals surface area contributed by atoms with Crippen LogP contribution >= 0.6 is 8.00 Å². The number of carbonyl (C=O) groups is 3. The number of hydrogen-bond acceptors (Lipinski definition) is 11. The van der Waals surface area contributed by atoms with Crippen molar-refractivity contribution in [2.45, 2.75) is 59.3 Å². The van der Waals surface area contributed by atoms with Crippen molar-refractivity contribution >= 4 is 42.7 Å². The second-order valence-corrected chi connectivity index (χ2v) is 9.60. The molecule has 37 heavy (non-hydrogen) atoms. The van der Waals surface area contributed by atoms with E-state index in [1.807, 2.05) is 10.6 Å². The zero-order valence-corrected chi connectivity index (χ0v) is 21.5. The zero-order chi connectivity index (χ0) is 27.1. The van der Waals surface area contributed by atoms with Gasteiger partial charge in [0, 0.05) is 13.0 Å². The van der Waals surface area contributed by atoms with Crippen LogP contribution in [0.5, 0.6) is 0 Å². The first-order chi connectivity index (χ1) is 17.5. The second kappa shape index (κ2) is 12.4. The van der Waals surface area contributed by atoms with Gasteiger partial charge in [-0.3, -0.25) is 4.79 Å². The Labute approximate surface area is 213 Å². The quantitative estimate of drug-likeness (QED) is 0.284. The summed E-state index contributed by atoms with van der Waals surface area (Å²) in [6, 6.07) is 3.23. The van der Waals surface area contributed by atoms with E-state index in [2.05, 4.69) is 9.97 Å². The molecule has 2 heterocycles. The van der Waals surface area contributed by atoms with Gasteiger partial charge in [0.2, 0.25) is 8.00 Å². The van der Waals surface area contributed by atoms with Crippen LogP contribution in [0.3, 0.4) is 0 Å². The van der Waals surface area contributed by atoms with Crippen molar-refractivity contribution in [3.8, 4) is 0 Å². The zero-order valence-electron chi connectivity index (χ0n) is 20.7. The summed E-state index contributed by atoms with van der Waals surface area (Å²) in [5.74, 6) is -0.638. The molecule has 3 rings (SSSR count). The highest BCUT2D eigenvalue weighted by Crippen LogP contribution is 2.26. The second-order valence-electron chi connectivity index (χ2n) is 8.30. The normalized spacial score (nSPS) is 14.6. The molecule has 1 amide bonds. The van der Waals surface area contributed by atoms with Gasteiger partial charge in [-0.2, -0.15) is 0 Å². The number of hydrogen-bond donors (Lipinski definition) is 1. The summed E-state index contributed by atoms with van der Waals surface area (Å²) in [6.45, 7) is 4.88. The maximum Gasteiger partial charge on any atom is 0.513 e. The van der Waals surface area contributed by atoms with Gasteiger partial charge >= 0.3 is 18.8 Å². The molecular weight excluding hydrogens is 507 g/mol. The van der Waals surface area contributed by atoms with Gasteiger partial charge in [0.1, 0.15) is 5.69 Å². The Bertz CT molecular complexity index is 1240. The lowest BCUT2D eigenvalue weighted by Gasteiger charge is -2.17.